The molecule has 14 nitrogen and oxygen atoms in total. The Bertz CT molecular complexity index is 2630. The maximum Gasteiger partial charge on any atom is 0.336 e. The standard InChI is InChI=1S/C38H37N7O7.2ClH/c1-40(2)19-20-43-36(48)27-13-14-29(32-33(27)44(38(43)50)30-12-5-4-10-25(30)34(32)46)39-15-7-16-41(3)17-8-18-42-35(47)26-11-6-9-23-21-24(45(51)52)22-28(31(23)26)37(42)49;;/h4-6,9-14,21-22,39H,7-8,15-20H2,1-3H3;2*1H. The highest BCUT2D eigenvalue weighted by Gasteiger charge is 2.34. The van der Waals surface area contributed by atoms with E-state index in [2.05, 4.69) is 10.2 Å². The van der Waals surface area contributed by atoms with Crippen molar-refractivity contribution in [2.45, 2.75) is 19.4 Å². The summed E-state index contributed by atoms with van der Waals surface area (Å²) in [4.78, 5) is 84.0. The van der Waals surface area contributed by atoms with E-state index in [1.54, 1.807) is 54.6 Å². The first-order valence-corrected chi connectivity index (χ1v) is 17.1. The molecular formula is C38H39Cl2N7O7. The van der Waals surface area contributed by atoms with Gasteiger partial charge in [-0.15, -0.1) is 24.8 Å². The molecule has 1 aliphatic heterocycles. The van der Waals surface area contributed by atoms with E-state index in [-0.39, 0.29) is 60.0 Å². The maximum atomic E-state index is 13.9. The van der Waals surface area contributed by atoms with Crippen LogP contribution in [0.15, 0.2) is 81.1 Å². The molecule has 0 fully saturated rings. The van der Waals surface area contributed by atoms with Crippen molar-refractivity contribution in [1.82, 2.24) is 23.7 Å². The zero-order valence-electron chi connectivity index (χ0n) is 29.9. The Kier molecular flexibility index (Phi) is 11.7. The van der Waals surface area contributed by atoms with Crippen LogP contribution in [0.25, 0.3) is 38.0 Å². The van der Waals surface area contributed by atoms with Crippen LogP contribution in [-0.4, -0.2) is 94.3 Å². The van der Waals surface area contributed by atoms with E-state index in [1.165, 1.54) is 21.1 Å². The number of likely N-dealkylation sites (N-methyl/N-ethyl adjacent to an activating group) is 1. The van der Waals surface area contributed by atoms with Crippen molar-refractivity contribution >= 4 is 86.0 Å². The van der Waals surface area contributed by atoms with Gasteiger partial charge in [-0.2, -0.15) is 0 Å². The molecule has 2 amide bonds. The van der Waals surface area contributed by atoms with Crippen LogP contribution in [0.4, 0.5) is 11.4 Å². The largest absolute Gasteiger partial charge is 0.384 e. The van der Waals surface area contributed by atoms with Gasteiger partial charge in [0, 0.05) is 60.3 Å². The minimum atomic E-state index is -0.545. The van der Waals surface area contributed by atoms with Crippen molar-refractivity contribution in [2.75, 3.05) is 59.2 Å². The van der Waals surface area contributed by atoms with Crippen LogP contribution in [0.5, 0.6) is 0 Å². The zero-order chi connectivity index (χ0) is 36.8. The number of hydrogen-bond donors (Lipinski definition) is 1. The molecule has 0 aliphatic carbocycles. The molecule has 282 valence electrons. The molecule has 0 bridgehead atoms. The molecule has 6 aromatic rings. The number of aromatic nitrogens is 2. The number of halogens is 2. The molecule has 3 heterocycles. The van der Waals surface area contributed by atoms with Crippen molar-refractivity contribution in [2.24, 2.45) is 0 Å². The number of nitro benzene ring substituents is 1. The number of carbonyl (C=O) groups is 2. The quantitative estimate of drug-likeness (QED) is 0.0444. The third-order valence-electron chi connectivity index (χ3n) is 9.76. The van der Waals surface area contributed by atoms with Gasteiger partial charge in [-0.05, 0) is 82.8 Å². The third kappa shape index (κ3) is 6.89. The minimum absolute atomic E-state index is 0. The zero-order valence-corrected chi connectivity index (χ0v) is 31.5. The Balaban J connectivity index is 0.00000280. The summed E-state index contributed by atoms with van der Waals surface area (Å²) in [7, 11) is 5.67. The number of imide groups is 1. The number of para-hydroxylation sites is 1. The van der Waals surface area contributed by atoms with Gasteiger partial charge >= 0.3 is 5.69 Å². The van der Waals surface area contributed by atoms with Gasteiger partial charge in [-0.1, -0.05) is 24.3 Å². The molecule has 0 atom stereocenters. The van der Waals surface area contributed by atoms with Crippen LogP contribution in [-0.2, 0) is 6.54 Å². The molecule has 0 unspecified atom stereocenters. The fourth-order valence-electron chi connectivity index (χ4n) is 7.17. The summed E-state index contributed by atoms with van der Waals surface area (Å²) in [5.74, 6) is -0.961. The second-order valence-corrected chi connectivity index (χ2v) is 13.5. The van der Waals surface area contributed by atoms with Gasteiger partial charge in [-0.3, -0.25) is 43.2 Å². The van der Waals surface area contributed by atoms with E-state index < -0.39 is 28.0 Å². The van der Waals surface area contributed by atoms with Gasteiger partial charge in [0.2, 0.25) is 0 Å². The summed E-state index contributed by atoms with van der Waals surface area (Å²) < 4.78 is 2.71. The van der Waals surface area contributed by atoms with Crippen molar-refractivity contribution in [3.63, 3.8) is 0 Å². The van der Waals surface area contributed by atoms with Gasteiger partial charge in [0.1, 0.15) is 0 Å². The summed E-state index contributed by atoms with van der Waals surface area (Å²) in [6.45, 7) is 2.58. The van der Waals surface area contributed by atoms with Crippen LogP contribution < -0.4 is 22.0 Å². The van der Waals surface area contributed by atoms with Gasteiger partial charge in [0.15, 0.2) is 5.43 Å². The third-order valence-corrected chi connectivity index (χ3v) is 9.76. The molecule has 16 heteroatoms. The number of rotatable bonds is 13. The van der Waals surface area contributed by atoms with Crippen LogP contribution >= 0.6 is 24.8 Å². The fourth-order valence-corrected chi connectivity index (χ4v) is 7.17. The minimum Gasteiger partial charge on any atom is -0.384 e. The number of hydrogen-bond acceptors (Lipinski definition) is 10. The number of benzene rings is 4. The van der Waals surface area contributed by atoms with E-state index >= 15 is 0 Å². The lowest BCUT2D eigenvalue weighted by molar-refractivity contribution is -0.384. The van der Waals surface area contributed by atoms with E-state index in [9.17, 15) is 34.1 Å². The molecule has 0 saturated carbocycles. The van der Waals surface area contributed by atoms with E-state index in [0.717, 1.165) is 4.90 Å². The molecule has 54 heavy (non-hydrogen) atoms. The van der Waals surface area contributed by atoms with Crippen LogP contribution in [0.1, 0.15) is 33.6 Å². The molecule has 2 aromatic heterocycles. The summed E-state index contributed by atoms with van der Waals surface area (Å²) in [5.41, 5.74) is 0.395. The smallest absolute Gasteiger partial charge is 0.336 e. The second-order valence-electron chi connectivity index (χ2n) is 13.5. The normalized spacial score (nSPS) is 12.6. The Hall–Kier alpha value is -5.41. The summed E-state index contributed by atoms with van der Waals surface area (Å²) in [5, 5.41) is 16.7. The van der Waals surface area contributed by atoms with Crippen LogP contribution in [0, 0.1) is 10.1 Å². The highest BCUT2D eigenvalue weighted by atomic mass is 35.5. The Morgan fingerprint density at radius 2 is 1.48 bits per heavy atom. The monoisotopic (exact) mass is 775 g/mol. The van der Waals surface area contributed by atoms with E-state index in [1.807, 2.05) is 26.0 Å². The predicted octanol–water partition coefficient (Wildman–Crippen LogP) is 4.45. The topological polar surface area (TPSA) is 160 Å². The lowest BCUT2D eigenvalue weighted by Crippen LogP contribution is -2.41. The fraction of sp³-hybridized carbons (Fsp3) is 0.289. The van der Waals surface area contributed by atoms with Crippen molar-refractivity contribution in [1.29, 1.82) is 0 Å². The highest BCUT2D eigenvalue weighted by molar-refractivity contribution is 6.25. The number of nitrogens with zero attached hydrogens (tertiary/aromatic N) is 6. The first-order chi connectivity index (χ1) is 25.0. The van der Waals surface area contributed by atoms with Gasteiger partial charge in [0.05, 0.1) is 32.3 Å². The average Bonchev–Trinajstić information content (AvgIpc) is 3.12. The molecular weight excluding hydrogens is 737 g/mol. The Labute approximate surface area is 320 Å². The van der Waals surface area contributed by atoms with Gasteiger partial charge < -0.3 is 15.1 Å². The summed E-state index contributed by atoms with van der Waals surface area (Å²) in [6.07, 6.45) is 1.17. The van der Waals surface area contributed by atoms with Crippen LogP contribution in [0.2, 0.25) is 0 Å². The maximum absolute atomic E-state index is 13.9. The number of fused-ring (bicyclic) bond motifs is 2. The van der Waals surface area contributed by atoms with Crippen molar-refractivity contribution in [3.8, 4) is 0 Å². The van der Waals surface area contributed by atoms with Crippen LogP contribution in [0.3, 0.4) is 0 Å². The highest BCUT2D eigenvalue weighted by Crippen LogP contribution is 2.33. The van der Waals surface area contributed by atoms with E-state index in [0.29, 0.717) is 82.8 Å². The number of anilines is 1. The lowest BCUT2D eigenvalue weighted by atomic mass is 9.93. The predicted molar refractivity (Wildman–Crippen MR) is 215 cm³/mol. The van der Waals surface area contributed by atoms with Gasteiger partial charge in [0.25, 0.3) is 23.1 Å². The SMILES string of the molecule is CN(C)CCn1c(=O)c2ccc(NCCCN(C)CCCN3C(=O)c4cccc5cc([N+](=O)[O-])cc(c45)C3=O)c3c(=O)c4ccccc4n(c1=O)c23.Cl.Cl. The number of nitro groups is 1. The first kappa shape index (κ1) is 39.8. The summed E-state index contributed by atoms with van der Waals surface area (Å²) in [6, 6.07) is 17.9. The molecule has 0 saturated heterocycles. The molecule has 0 spiro atoms. The molecule has 1 aliphatic rings. The number of non-ortho nitro benzene ring substituents is 1. The van der Waals surface area contributed by atoms with Gasteiger partial charge in [-0.25, -0.2) is 4.79 Å². The molecule has 0 radical (unpaired) electrons. The second kappa shape index (κ2) is 15.9. The number of carbonyl (C=O) groups excluding carboxylic acids is 2. The van der Waals surface area contributed by atoms with Crippen molar-refractivity contribution in [3.05, 3.63) is 119 Å². The Morgan fingerprint density at radius 3 is 2.22 bits per heavy atom. The number of nitrogens with one attached hydrogen (secondary N) is 1. The Morgan fingerprint density at radius 1 is 0.759 bits per heavy atom. The average molecular weight is 777 g/mol. The summed E-state index contributed by atoms with van der Waals surface area (Å²) >= 11 is 0. The number of pyridine rings is 1. The molecule has 7 rings (SSSR count). The molecule has 1 N–H and O–H groups in total. The number of amides is 2. The van der Waals surface area contributed by atoms with Crippen molar-refractivity contribution < 1.29 is 14.5 Å². The molecule has 4 aromatic carbocycles. The first-order valence-electron chi connectivity index (χ1n) is 17.1. The van der Waals surface area contributed by atoms with E-state index in [4.69, 9.17) is 0 Å². The lowest BCUT2D eigenvalue weighted by Gasteiger charge is -2.27.